The van der Waals surface area contributed by atoms with Gasteiger partial charge in [0, 0.05) is 0 Å². The molecule has 1 atom stereocenters. The summed E-state index contributed by atoms with van der Waals surface area (Å²) >= 11 is 6.18. The molecule has 1 aromatic carbocycles. The monoisotopic (exact) mass is 341 g/mol. The zero-order chi connectivity index (χ0) is 17.2. The minimum Gasteiger partial charge on any atom is -0.477 e. The first-order valence-corrected chi connectivity index (χ1v) is 7.60. The summed E-state index contributed by atoms with van der Waals surface area (Å²) in [6.07, 6.45) is -0.757. The molecule has 0 aromatic heterocycles. The molecule has 1 unspecified atom stereocenters. The molecule has 1 amide bonds. The van der Waals surface area contributed by atoms with Crippen LogP contribution >= 0.6 is 11.6 Å². The number of esters is 1. The Balaban J connectivity index is 2.05. The third-order valence-electron chi connectivity index (χ3n) is 3.55. The van der Waals surface area contributed by atoms with Crippen LogP contribution in [0.2, 0.25) is 5.02 Å². The molecule has 1 aromatic rings. The van der Waals surface area contributed by atoms with Crippen molar-refractivity contribution in [3.63, 3.8) is 0 Å². The van der Waals surface area contributed by atoms with Gasteiger partial charge >= 0.3 is 5.97 Å². The van der Waals surface area contributed by atoms with Gasteiger partial charge in [-0.15, -0.1) is 0 Å². The average Bonchev–Trinajstić information content (AvgIpc) is 2.76. The Kier molecular flexibility index (Phi) is 5.16. The number of halogens is 1. The Bertz CT molecular complexity index is 616. The average molecular weight is 342 g/mol. The molecule has 23 heavy (non-hydrogen) atoms. The molecule has 1 fully saturated rings. The lowest BCUT2D eigenvalue weighted by molar-refractivity contribution is -0.165. The van der Waals surface area contributed by atoms with E-state index in [0.717, 1.165) is 5.56 Å². The van der Waals surface area contributed by atoms with Crippen LogP contribution in [-0.4, -0.2) is 36.8 Å². The first kappa shape index (κ1) is 17.6. The van der Waals surface area contributed by atoms with Crippen molar-refractivity contribution in [1.82, 2.24) is 5.06 Å². The van der Waals surface area contributed by atoms with Crippen LogP contribution in [0.3, 0.4) is 0 Å². The first-order chi connectivity index (χ1) is 10.7. The lowest BCUT2D eigenvalue weighted by Crippen LogP contribution is -2.30. The van der Waals surface area contributed by atoms with Gasteiger partial charge in [0.25, 0.3) is 5.91 Å². The lowest BCUT2D eigenvalue weighted by Gasteiger charge is -2.18. The van der Waals surface area contributed by atoms with Gasteiger partial charge in [-0.25, -0.2) is 9.86 Å². The van der Waals surface area contributed by atoms with Crippen LogP contribution in [0.1, 0.15) is 26.3 Å². The van der Waals surface area contributed by atoms with Crippen LogP contribution in [0.15, 0.2) is 18.2 Å². The van der Waals surface area contributed by atoms with E-state index in [0.29, 0.717) is 23.9 Å². The molecule has 0 N–H and O–H groups in total. The van der Waals surface area contributed by atoms with Gasteiger partial charge in [-0.1, -0.05) is 17.7 Å². The van der Waals surface area contributed by atoms with Crippen molar-refractivity contribution in [2.24, 2.45) is 5.41 Å². The van der Waals surface area contributed by atoms with E-state index in [2.05, 4.69) is 4.74 Å². The summed E-state index contributed by atoms with van der Waals surface area (Å²) in [5, 5.41) is 1.69. The molecule has 6 nitrogen and oxygen atoms in total. The van der Waals surface area contributed by atoms with Gasteiger partial charge in [0.2, 0.25) is 0 Å². The predicted molar refractivity (Wildman–Crippen MR) is 83.8 cm³/mol. The van der Waals surface area contributed by atoms with E-state index >= 15 is 0 Å². The first-order valence-electron chi connectivity index (χ1n) is 7.22. The number of carbonyl (C=O) groups excluding carboxylic acids is 2. The normalized spacial score (nSPS) is 18.0. The van der Waals surface area contributed by atoms with E-state index in [9.17, 15) is 9.59 Å². The SMILES string of the molecule is COC(=O)C(C)Oc1ccc(CN2OCC(C)(C)C2=O)cc1Cl. The predicted octanol–water partition coefficient (Wildman–Crippen LogP) is 2.58. The summed E-state index contributed by atoms with van der Waals surface area (Å²) < 4.78 is 10.1. The minimum atomic E-state index is -0.757. The fourth-order valence-electron chi connectivity index (χ4n) is 2.12. The molecule has 0 aliphatic carbocycles. The maximum Gasteiger partial charge on any atom is 0.346 e. The van der Waals surface area contributed by atoms with E-state index in [-0.39, 0.29) is 5.91 Å². The molecule has 126 valence electrons. The minimum absolute atomic E-state index is 0.0618. The van der Waals surface area contributed by atoms with Gasteiger partial charge < -0.3 is 9.47 Å². The van der Waals surface area contributed by atoms with Crippen molar-refractivity contribution >= 4 is 23.5 Å². The van der Waals surface area contributed by atoms with Crippen molar-refractivity contribution in [2.75, 3.05) is 13.7 Å². The zero-order valence-corrected chi connectivity index (χ0v) is 14.3. The largest absolute Gasteiger partial charge is 0.477 e. The van der Waals surface area contributed by atoms with E-state index < -0.39 is 17.5 Å². The molecule has 1 aliphatic heterocycles. The van der Waals surface area contributed by atoms with Crippen molar-refractivity contribution < 1.29 is 23.9 Å². The summed E-state index contributed by atoms with van der Waals surface area (Å²) in [4.78, 5) is 28.9. The maximum absolute atomic E-state index is 12.1. The number of hydrogen-bond acceptors (Lipinski definition) is 5. The van der Waals surface area contributed by atoms with Gasteiger partial charge in [0.1, 0.15) is 5.75 Å². The van der Waals surface area contributed by atoms with Crippen LogP contribution in [0.4, 0.5) is 0 Å². The number of nitrogens with zero attached hydrogens (tertiary/aromatic N) is 1. The lowest BCUT2D eigenvalue weighted by atomic mass is 9.95. The molecule has 2 rings (SSSR count). The highest BCUT2D eigenvalue weighted by atomic mass is 35.5. The van der Waals surface area contributed by atoms with Gasteiger partial charge in [0.15, 0.2) is 6.10 Å². The summed E-state index contributed by atoms with van der Waals surface area (Å²) in [6.45, 7) is 5.92. The zero-order valence-electron chi connectivity index (χ0n) is 13.6. The van der Waals surface area contributed by atoms with Gasteiger partial charge in [-0.3, -0.25) is 9.63 Å². The van der Waals surface area contributed by atoms with Crippen molar-refractivity contribution in [1.29, 1.82) is 0 Å². The van der Waals surface area contributed by atoms with E-state index in [4.69, 9.17) is 21.2 Å². The Hall–Kier alpha value is -1.79. The number of hydroxylamine groups is 2. The molecule has 0 saturated carbocycles. The number of benzene rings is 1. The van der Waals surface area contributed by atoms with Crippen LogP contribution in [0.5, 0.6) is 5.75 Å². The number of hydrogen-bond donors (Lipinski definition) is 0. The van der Waals surface area contributed by atoms with E-state index in [1.165, 1.54) is 12.2 Å². The second kappa shape index (κ2) is 6.76. The molecule has 0 radical (unpaired) electrons. The smallest absolute Gasteiger partial charge is 0.346 e. The number of amides is 1. The number of rotatable bonds is 5. The Labute approximate surface area is 140 Å². The summed E-state index contributed by atoms with van der Waals surface area (Å²) in [7, 11) is 1.29. The Morgan fingerprint density at radius 3 is 2.70 bits per heavy atom. The van der Waals surface area contributed by atoms with Crippen molar-refractivity contribution in [3.8, 4) is 5.75 Å². The quantitative estimate of drug-likeness (QED) is 0.770. The molecule has 1 aliphatic rings. The molecular weight excluding hydrogens is 322 g/mol. The number of ether oxygens (including phenoxy) is 2. The number of carbonyl (C=O) groups is 2. The molecule has 7 heteroatoms. The Morgan fingerprint density at radius 2 is 2.17 bits per heavy atom. The van der Waals surface area contributed by atoms with Crippen molar-refractivity contribution in [3.05, 3.63) is 28.8 Å². The fraction of sp³-hybridized carbons (Fsp3) is 0.500. The highest BCUT2D eigenvalue weighted by Gasteiger charge is 2.40. The highest BCUT2D eigenvalue weighted by molar-refractivity contribution is 6.32. The fourth-order valence-corrected chi connectivity index (χ4v) is 2.37. The highest BCUT2D eigenvalue weighted by Crippen LogP contribution is 2.30. The molecule has 1 saturated heterocycles. The van der Waals surface area contributed by atoms with Gasteiger partial charge in [-0.05, 0) is 38.5 Å². The second-order valence-corrected chi connectivity index (χ2v) is 6.45. The van der Waals surface area contributed by atoms with Crippen molar-refractivity contribution in [2.45, 2.75) is 33.4 Å². The maximum atomic E-state index is 12.1. The van der Waals surface area contributed by atoms with Gasteiger partial charge in [0.05, 0.1) is 30.7 Å². The Morgan fingerprint density at radius 1 is 1.48 bits per heavy atom. The van der Waals surface area contributed by atoms with E-state index in [1.807, 2.05) is 13.8 Å². The van der Waals surface area contributed by atoms with Crippen LogP contribution in [0.25, 0.3) is 0 Å². The molecular formula is C16H20ClNO5. The third-order valence-corrected chi connectivity index (χ3v) is 3.84. The van der Waals surface area contributed by atoms with Crippen LogP contribution in [0, 0.1) is 5.41 Å². The topological polar surface area (TPSA) is 65.1 Å². The van der Waals surface area contributed by atoms with Gasteiger partial charge in [-0.2, -0.15) is 0 Å². The molecule has 0 bridgehead atoms. The van der Waals surface area contributed by atoms with Crippen LogP contribution < -0.4 is 4.74 Å². The summed E-state index contributed by atoms with van der Waals surface area (Å²) in [5.41, 5.74) is 0.294. The number of methoxy groups -OCH3 is 1. The summed E-state index contributed by atoms with van der Waals surface area (Å²) in [6, 6.07) is 5.11. The molecule has 1 heterocycles. The summed E-state index contributed by atoms with van der Waals surface area (Å²) in [5.74, 6) is -0.168. The molecule has 0 spiro atoms. The second-order valence-electron chi connectivity index (χ2n) is 6.05. The standard InChI is InChI=1S/C16H20ClNO5/c1-10(14(19)21-4)23-13-6-5-11(7-12(13)17)8-18-15(20)16(2,3)9-22-18/h5-7,10H,8-9H2,1-4H3. The van der Waals surface area contributed by atoms with E-state index in [1.54, 1.807) is 25.1 Å². The third kappa shape index (κ3) is 3.95. The van der Waals surface area contributed by atoms with Crippen LogP contribution in [-0.2, 0) is 25.7 Å².